The minimum atomic E-state index is -0.573. The number of oxime groups is 1. The van der Waals surface area contributed by atoms with Gasteiger partial charge in [-0.15, -0.1) is 0 Å². The average Bonchev–Trinajstić information content (AvgIpc) is 2.71. The Kier molecular flexibility index (Phi) is 2.25. The maximum absolute atomic E-state index is 10.9. The van der Waals surface area contributed by atoms with Gasteiger partial charge in [0.1, 0.15) is 0 Å². The van der Waals surface area contributed by atoms with Crippen molar-refractivity contribution in [1.29, 1.82) is 0 Å². The summed E-state index contributed by atoms with van der Waals surface area (Å²) in [5, 5.41) is 3.64. The zero-order chi connectivity index (χ0) is 10.1. The first-order valence-corrected chi connectivity index (χ1v) is 4.67. The largest absolute Gasteiger partial charge is 0.371 e. The fourth-order valence-corrected chi connectivity index (χ4v) is 1.81. The minimum absolute atomic E-state index is 0.168. The normalized spacial score (nSPS) is 27.6. The third kappa shape index (κ3) is 1.39. The maximum atomic E-state index is 10.9. The zero-order valence-corrected chi connectivity index (χ0v) is 7.90. The van der Waals surface area contributed by atoms with Gasteiger partial charge < -0.3 is 10.6 Å². The van der Waals surface area contributed by atoms with Crippen molar-refractivity contribution in [3.05, 3.63) is 12.2 Å². The molecule has 0 aromatic carbocycles. The standard InChI is InChI=1S/C9H13N3O2/c1-6-7(8(10)13)11-14-9(6)12-4-2-3-5-12/h9H,1-5H2,(H2,10,13). The summed E-state index contributed by atoms with van der Waals surface area (Å²) in [7, 11) is 0. The quantitative estimate of drug-likeness (QED) is 0.665. The lowest BCUT2D eigenvalue weighted by Gasteiger charge is -2.21. The summed E-state index contributed by atoms with van der Waals surface area (Å²) >= 11 is 0. The summed E-state index contributed by atoms with van der Waals surface area (Å²) < 4.78 is 0. The first-order chi connectivity index (χ1) is 6.70. The molecule has 5 heteroatoms. The lowest BCUT2D eigenvalue weighted by atomic mass is 10.1. The molecule has 1 saturated heterocycles. The molecule has 0 spiro atoms. The molecule has 2 aliphatic heterocycles. The number of rotatable bonds is 2. The monoisotopic (exact) mass is 195 g/mol. The van der Waals surface area contributed by atoms with Crippen LogP contribution in [0.15, 0.2) is 17.3 Å². The highest BCUT2D eigenvalue weighted by Crippen LogP contribution is 2.23. The van der Waals surface area contributed by atoms with Crippen molar-refractivity contribution in [3.63, 3.8) is 0 Å². The Labute approximate surface area is 82.2 Å². The average molecular weight is 195 g/mol. The fraction of sp³-hybridized carbons (Fsp3) is 0.556. The second-order valence-electron chi connectivity index (χ2n) is 3.53. The molecule has 14 heavy (non-hydrogen) atoms. The number of hydrogen-bond donors (Lipinski definition) is 1. The molecule has 2 aliphatic rings. The van der Waals surface area contributed by atoms with E-state index in [1.54, 1.807) is 0 Å². The van der Waals surface area contributed by atoms with E-state index in [1.807, 2.05) is 0 Å². The van der Waals surface area contributed by atoms with E-state index in [1.165, 1.54) is 0 Å². The van der Waals surface area contributed by atoms with Crippen LogP contribution in [0.4, 0.5) is 0 Å². The topological polar surface area (TPSA) is 67.9 Å². The highest BCUT2D eigenvalue weighted by molar-refractivity contribution is 6.45. The number of carbonyl (C=O) groups excluding carboxylic acids is 1. The van der Waals surface area contributed by atoms with E-state index in [9.17, 15) is 4.79 Å². The van der Waals surface area contributed by atoms with E-state index in [0.29, 0.717) is 5.57 Å². The van der Waals surface area contributed by atoms with Crippen LogP contribution in [-0.4, -0.2) is 35.8 Å². The van der Waals surface area contributed by atoms with E-state index in [-0.39, 0.29) is 11.9 Å². The first kappa shape index (κ1) is 9.21. The number of likely N-dealkylation sites (tertiary alicyclic amines) is 1. The maximum Gasteiger partial charge on any atom is 0.271 e. The predicted molar refractivity (Wildman–Crippen MR) is 51.4 cm³/mol. The SMILES string of the molecule is C=C1C(C(N)=O)=NOC1N1CCCC1. The van der Waals surface area contributed by atoms with Gasteiger partial charge in [0.05, 0.1) is 0 Å². The van der Waals surface area contributed by atoms with Gasteiger partial charge in [0.25, 0.3) is 5.91 Å². The summed E-state index contributed by atoms with van der Waals surface area (Å²) in [5.41, 5.74) is 5.87. The number of hydrogen-bond acceptors (Lipinski definition) is 4. The summed E-state index contributed by atoms with van der Waals surface area (Å²) in [6, 6.07) is 0. The number of carbonyl (C=O) groups is 1. The molecule has 1 amide bonds. The van der Waals surface area contributed by atoms with Gasteiger partial charge in [-0.05, 0) is 12.8 Å². The number of nitrogens with two attached hydrogens (primary N) is 1. The van der Waals surface area contributed by atoms with Gasteiger partial charge in [-0.3, -0.25) is 9.69 Å². The summed E-state index contributed by atoms with van der Waals surface area (Å²) in [6.07, 6.45) is 2.03. The van der Waals surface area contributed by atoms with Crippen LogP contribution in [-0.2, 0) is 9.63 Å². The van der Waals surface area contributed by atoms with Crippen LogP contribution in [0.3, 0.4) is 0 Å². The van der Waals surface area contributed by atoms with Crippen molar-refractivity contribution in [2.75, 3.05) is 13.1 Å². The Morgan fingerprint density at radius 1 is 1.57 bits per heavy atom. The van der Waals surface area contributed by atoms with Crippen LogP contribution in [0.5, 0.6) is 0 Å². The lowest BCUT2D eigenvalue weighted by molar-refractivity contribution is -0.112. The summed E-state index contributed by atoms with van der Waals surface area (Å²) in [4.78, 5) is 18.2. The van der Waals surface area contributed by atoms with Crippen LogP contribution in [0, 0.1) is 0 Å². The van der Waals surface area contributed by atoms with Crippen LogP contribution < -0.4 is 5.73 Å². The zero-order valence-electron chi connectivity index (χ0n) is 7.90. The molecule has 0 radical (unpaired) electrons. The molecule has 2 heterocycles. The number of primary amides is 1. The molecular formula is C9H13N3O2. The van der Waals surface area contributed by atoms with Gasteiger partial charge in [0.2, 0.25) is 6.23 Å². The van der Waals surface area contributed by atoms with Gasteiger partial charge in [-0.1, -0.05) is 11.7 Å². The highest BCUT2D eigenvalue weighted by atomic mass is 16.7. The molecule has 1 fully saturated rings. The molecule has 2 N–H and O–H groups in total. The van der Waals surface area contributed by atoms with Crippen molar-refractivity contribution >= 4 is 11.6 Å². The Bertz CT molecular complexity index is 305. The molecule has 5 nitrogen and oxygen atoms in total. The first-order valence-electron chi connectivity index (χ1n) is 4.67. The van der Waals surface area contributed by atoms with Crippen LogP contribution in [0.1, 0.15) is 12.8 Å². The van der Waals surface area contributed by atoms with Gasteiger partial charge in [0, 0.05) is 18.7 Å². The van der Waals surface area contributed by atoms with E-state index in [2.05, 4.69) is 16.6 Å². The Morgan fingerprint density at radius 2 is 2.21 bits per heavy atom. The molecule has 1 unspecified atom stereocenters. The van der Waals surface area contributed by atoms with Crippen molar-refractivity contribution in [2.24, 2.45) is 10.9 Å². The van der Waals surface area contributed by atoms with E-state index < -0.39 is 5.91 Å². The molecule has 0 bridgehead atoms. The summed E-state index contributed by atoms with van der Waals surface area (Å²) in [5.74, 6) is -0.573. The number of amides is 1. The second kappa shape index (κ2) is 3.42. The van der Waals surface area contributed by atoms with Gasteiger partial charge in [-0.25, -0.2) is 0 Å². The van der Waals surface area contributed by atoms with Crippen molar-refractivity contribution in [2.45, 2.75) is 19.1 Å². The Morgan fingerprint density at radius 3 is 2.71 bits per heavy atom. The molecule has 76 valence electrons. The second-order valence-corrected chi connectivity index (χ2v) is 3.53. The predicted octanol–water partition coefficient (Wildman–Crippen LogP) is -0.164. The minimum Gasteiger partial charge on any atom is -0.371 e. The Balaban J connectivity index is 2.06. The lowest BCUT2D eigenvalue weighted by Crippen LogP contribution is -2.36. The molecule has 1 atom stereocenters. The third-order valence-corrected chi connectivity index (χ3v) is 2.55. The Hall–Kier alpha value is -1.36. The van der Waals surface area contributed by atoms with E-state index in [0.717, 1.165) is 25.9 Å². The molecule has 0 aromatic rings. The smallest absolute Gasteiger partial charge is 0.271 e. The summed E-state index contributed by atoms with van der Waals surface area (Å²) in [6.45, 7) is 5.71. The molecule has 0 saturated carbocycles. The van der Waals surface area contributed by atoms with Crippen molar-refractivity contribution < 1.29 is 9.63 Å². The number of nitrogens with zero attached hydrogens (tertiary/aromatic N) is 2. The highest BCUT2D eigenvalue weighted by Gasteiger charge is 2.34. The van der Waals surface area contributed by atoms with Crippen LogP contribution >= 0.6 is 0 Å². The van der Waals surface area contributed by atoms with Crippen LogP contribution in [0.25, 0.3) is 0 Å². The molecule has 0 aliphatic carbocycles. The van der Waals surface area contributed by atoms with Crippen molar-refractivity contribution in [3.8, 4) is 0 Å². The van der Waals surface area contributed by atoms with Gasteiger partial charge in [-0.2, -0.15) is 0 Å². The van der Waals surface area contributed by atoms with Gasteiger partial charge >= 0.3 is 0 Å². The van der Waals surface area contributed by atoms with Gasteiger partial charge in [0.15, 0.2) is 5.71 Å². The molecule has 0 aromatic heterocycles. The van der Waals surface area contributed by atoms with Crippen molar-refractivity contribution in [1.82, 2.24) is 4.90 Å². The molecular weight excluding hydrogens is 182 g/mol. The third-order valence-electron chi connectivity index (χ3n) is 2.55. The van der Waals surface area contributed by atoms with E-state index >= 15 is 0 Å². The fourth-order valence-electron chi connectivity index (χ4n) is 1.81. The van der Waals surface area contributed by atoms with E-state index in [4.69, 9.17) is 10.6 Å². The van der Waals surface area contributed by atoms with Crippen LogP contribution in [0.2, 0.25) is 0 Å². The molecule has 2 rings (SSSR count).